The van der Waals surface area contributed by atoms with Crippen LogP contribution in [0.3, 0.4) is 0 Å². The second-order valence-electron chi connectivity index (χ2n) is 1.03. The number of hydrogen-bond donors (Lipinski definition) is 2. The molecule has 0 aliphatic carbocycles. The van der Waals surface area contributed by atoms with Gasteiger partial charge in [-0.05, 0) is 147 Å². The monoisotopic (exact) mass is 546 g/mol. The fraction of sp³-hybridized carbons (Fsp3) is 0. The van der Waals surface area contributed by atoms with Gasteiger partial charge >= 0.3 is 0 Å². The summed E-state index contributed by atoms with van der Waals surface area (Å²) in [6, 6.07) is 0. The molecule has 0 atom stereocenters. The average molecular weight is 547 g/mol. The van der Waals surface area contributed by atoms with Crippen LogP contribution in [0.4, 0.5) is 0 Å². The van der Waals surface area contributed by atoms with Crippen LogP contribution >= 0.6 is 171 Å². The summed E-state index contributed by atoms with van der Waals surface area (Å²) in [6.07, 6.45) is 0. The van der Waals surface area contributed by atoms with Crippen molar-refractivity contribution in [2.45, 2.75) is 0 Å². The van der Waals surface area contributed by atoms with Gasteiger partial charge in [-0.2, -0.15) is 0 Å². The van der Waals surface area contributed by atoms with Gasteiger partial charge in [0, 0.05) is 0 Å². The molecule has 0 aliphatic rings. The predicted octanol–water partition coefficient (Wildman–Crippen LogP) is 10.5. The smallest absolute Gasteiger partial charge is 0.0000000000000000368 e. The highest BCUT2D eigenvalue weighted by Crippen LogP contribution is 2.63. The van der Waals surface area contributed by atoms with Gasteiger partial charge < -0.3 is 0 Å². The Kier molecular flexibility index (Phi) is 29.6. The molecule has 0 saturated carbocycles. The van der Waals surface area contributed by atoms with E-state index in [-0.39, 0.29) is 0 Å². The first kappa shape index (κ1) is 22.9. The van der Waals surface area contributed by atoms with Gasteiger partial charge in [0.2, 0.25) is 0 Å². The van der Waals surface area contributed by atoms with Crippen molar-refractivity contribution in [3.8, 4) is 0 Å². The highest BCUT2D eigenvalue weighted by molar-refractivity contribution is 9.57. The van der Waals surface area contributed by atoms with Crippen molar-refractivity contribution in [2.24, 2.45) is 0 Å². The molecule has 0 N–H and O–H groups in total. The first-order chi connectivity index (χ1) is 8.41. The number of thiol groups is 2. The van der Waals surface area contributed by atoms with Gasteiger partial charge in [-0.1, -0.05) is 23.3 Å². The topological polar surface area (TPSA) is 0 Å². The second kappa shape index (κ2) is 21.9. The zero-order valence-electron chi connectivity index (χ0n) is 7.02. The standard InChI is InChI=1S/H2S17/c1-3-5-7-9-11-13-15-17-16-14-12-10-8-6-4-2/h1-2H. The molecule has 104 valence electrons. The molecule has 0 fully saturated rings. The quantitative estimate of drug-likeness (QED) is 0.120. The number of rotatable bonds is 14. The molecule has 0 aromatic heterocycles. The van der Waals surface area contributed by atoms with Crippen molar-refractivity contribution in [3.05, 3.63) is 0 Å². The van der Waals surface area contributed by atoms with E-state index in [1.54, 1.807) is 128 Å². The van der Waals surface area contributed by atoms with E-state index in [1.807, 2.05) is 0 Å². The van der Waals surface area contributed by atoms with E-state index in [4.69, 9.17) is 0 Å². The summed E-state index contributed by atoms with van der Waals surface area (Å²) in [5.41, 5.74) is 0. The highest BCUT2D eigenvalue weighted by atomic mass is 34.0. The van der Waals surface area contributed by atoms with E-state index in [0.29, 0.717) is 0 Å². The van der Waals surface area contributed by atoms with E-state index in [1.165, 1.54) is 19.7 Å². The Morgan fingerprint density at radius 1 is 0.294 bits per heavy atom. The third-order valence-electron chi connectivity index (χ3n) is 0.394. The third kappa shape index (κ3) is 21.9. The van der Waals surface area contributed by atoms with E-state index in [2.05, 4.69) is 23.3 Å². The molecule has 0 unspecified atom stereocenters. The first-order valence-electron chi connectivity index (χ1n) is 2.70. The van der Waals surface area contributed by atoms with E-state index in [9.17, 15) is 0 Å². The van der Waals surface area contributed by atoms with Crippen LogP contribution in [0, 0.1) is 0 Å². The normalized spacial score (nSPS) is 10.9. The minimum atomic E-state index is 1.48. The first-order valence-corrected chi connectivity index (χ1v) is 24.3. The van der Waals surface area contributed by atoms with Crippen LogP contribution in [-0.4, -0.2) is 0 Å². The Hall–Kier alpha value is 5.95. The SMILES string of the molecule is SSSSSSSSSSSSSSSSS. The van der Waals surface area contributed by atoms with Gasteiger partial charge in [0.05, 0.1) is 0 Å². The van der Waals surface area contributed by atoms with Crippen molar-refractivity contribution >= 4 is 171 Å². The molecule has 0 aliphatic heterocycles. The summed E-state index contributed by atoms with van der Waals surface area (Å²) in [7, 11) is 25.9. The fourth-order valence-corrected chi connectivity index (χ4v) is 36.3. The lowest BCUT2D eigenvalue weighted by Gasteiger charge is -1.97. The Morgan fingerprint density at radius 2 is 0.471 bits per heavy atom. The summed E-state index contributed by atoms with van der Waals surface area (Å²) >= 11 is 8.07. The highest BCUT2D eigenvalue weighted by Gasteiger charge is 1.98. The van der Waals surface area contributed by atoms with Crippen LogP contribution in [0.25, 0.3) is 0 Å². The summed E-state index contributed by atoms with van der Waals surface area (Å²) in [5.74, 6) is 0. The minimum absolute atomic E-state index is 1.48. The maximum atomic E-state index is 4.03. The molecule has 0 nitrogen and oxygen atoms in total. The molecule has 0 aromatic carbocycles. The molecule has 0 amide bonds. The third-order valence-corrected chi connectivity index (χ3v) is 31.9. The van der Waals surface area contributed by atoms with Crippen LogP contribution in [0.1, 0.15) is 0 Å². The Balaban J connectivity index is 2.85. The summed E-state index contributed by atoms with van der Waals surface area (Å²) in [4.78, 5) is 0. The average Bonchev–Trinajstić information content (AvgIpc) is 2.35. The molecule has 0 radical (unpaired) electrons. The molecule has 0 rings (SSSR count). The molecule has 0 aromatic rings. The van der Waals surface area contributed by atoms with Gasteiger partial charge in [-0.15, -0.1) is 0 Å². The van der Waals surface area contributed by atoms with Crippen LogP contribution < -0.4 is 0 Å². The lowest BCUT2D eigenvalue weighted by Crippen LogP contribution is -1.32. The predicted molar refractivity (Wildman–Crippen MR) is 132 cm³/mol. The molecule has 17 heavy (non-hydrogen) atoms. The van der Waals surface area contributed by atoms with Gasteiger partial charge in [-0.3, -0.25) is 0 Å². The van der Waals surface area contributed by atoms with Gasteiger partial charge in [0.15, 0.2) is 0 Å². The lowest BCUT2D eigenvalue weighted by atomic mass is 30.1. The van der Waals surface area contributed by atoms with Crippen LogP contribution in [0.15, 0.2) is 0 Å². The van der Waals surface area contributed by atoms with Gasteiger partial charge in [-0.25, -0.2) is 0 Å². The van der Waals surface area contributed by atoms with E-state index >= 15 is 0 Å². The van der Waals surface area contributed by atoms with Crippen LogP contribution in [-0.2, 0) is 0 Å². The lowest BCUT2D eigenvalue weighted by molar-refractivity contribution is 5.62. The van der Waals surface area contributed by atoms with Crippen molar-refractivity contribution in [2.75, 3.05) is 0 Å². The molecular formula is H2S17. The molecule has 0 heterocycles. The summed E-state index contributed by atoms with van der Waals surface area (Å²) in [5, 5.41) is 0. The zero-order valence-corrected chi connectivity index (χ0v) is 21.1. The zero-order chi connectivity index (χ0) is 12.6. The van der Waals surface area contributed by atoms with Gasteiger partial charge in [0.1, 0.15) is 0 Å². The molecule has 0 bridgehead atoms. The van der Waals surface area contributed by atoms with E-state index in [0.717, 1.165) is 0 Å². The van der Waals surface area contributed by atoms with Crippen LogP contribution in [0.5, 0.6) is 0 Å². The number of hydrogen-bond acceptors (Lipinski definition) is 17. The van der Waals surface area contributed by atoms with E-state index < -0.39 is 0 Å². The Labute approximate surface area is 167 Å². The minimum Gasteiger partial charge on any atom is -0.0988 e. The summed E-state index contributed by atoms with van der Waals surface area (Å²) in [6.45, 7) is 0. The Bertz CT molecular complexity index is 103. The molecule has 17 heteroatoms. The van der Waals surface area contributed by atoms with Crippen molar-refractivity contribution in [1.82, 2.24) is 0 Å². The fourth-order valence-electron chi connectivity index (χ4n) is 0.150. The molecule has 0 spiro atoms. The second-order valence-corrected chi connectivity index (χ2v) is 27.9. The maximum Gasteiger partial charge on any atom is -0.0000000000000000368 e. The Morgan fingerprint density at radius 3 is 0.647 bits per heavy atom. The molecule has 0 saturated heterocycles. The van der Waals surface area contributed by atoms with Gasteiger partial charge in [0.25, 0.3) is 0 Å². The van der Waals surface area contributed by atoms with Crippen molar-refractivity contribution < 1.29 is 0 Å². The largest absolute Gasteiger partial charge is 0.0988 e. The van der Waals surface area contributed by atoms with Crippen LogP contribution in [0.2, 0.25) is 0 Å². The van der Waals surface area contributed by atoms with Crippen molar-refractivity contribution in [1.29, 1.82) is 0 Å². The summed E-state index contributed by atoms with van der Waals surface area (Å²) < 4.78 is 0. The molecular weight excluding hydrogens is 545 g/mol. The van der Waals surface area contributed by atoms with Crippen molar-refractivity contribution in [3.63, 3.8) is 0 Å². The maximum absolute atomic E-state index is 4.03.